The molecule has 5 heteroatoms. The summed E-state index contributed by atoms with van der Waals surface area (Å²) < 4.78 is 5.15. The SMILES string of the molecule is c1ccc(-c2nc(-c3ccccc3)nc(-c3ccc(-c4cccc5sc6ccccc6c45)c(-c4cccc5c4sc4ccccc45)c3)n2)cc1. The molecular weight excluding hydrogens is 647 g/mol. The molecule has 0 spiro atoms. The number of thiophene rings is 2. The van der Waals surface area contributed by atoms with Gasteiger partial charge in [0.05, 0.1) is 0 Å². The average Bonchev–Trinajstić information content (AvgIpc) is 3.77. The number of nitrogens with zero attached hydrogens (tertiary/aromatic N) is 3. The van der Waals surface area contributed by atoms with Gasteiger partial charge in [0.15, 0.2) is 17.5 Å². The molecule has 0 atom stereocenters. The molecule has 10 aromatic rings. The summed E-state index contributed by atoms with van der Waals surface area (Å²) in [4.78, 5) is 15.1. The van der Waals surface area contributed by atoms with E-state index in [0.29, 0.717) is 17.5 Å². The molecule has 0 saturated carbocycles. The number of hydrogen-bond donors (Lipinski definition) is 0. The lowest BCUT2D eigenvalue weighted by molar-refractivity contribution is 1.07. The summed E-state index contributed by atoms with van der Waals surface area (Å²) in [6.45, 7) is 0. The van der Waals surface area contributed by atoms with E-state index in [0.717, 1.165) is 22.3 Å². The molecule has 0 unspecified atom stereocenters. The Hall–Kier alpha value is -6.01. The first-order chi connectivity index (χ1) is 24.8. The van der Waals surface area contributed by atoms with Gasteiger partial charge >= 0.3 is 0 Å². The highest BCUT2D eigenvalue weighted by Gasteiger charge is 2.20. The molecule has 3 nitrogen and oxygen atoms in total. The molecule has 0 N–H and O–H groups in total. The van der Waals surface area contributed by atoms with Gasteiger partial charge in [-0.3, -0.25) is 0 Å². The van der Waals surface area contributed by atoms with Crippen LogP contribution in [0.4, 0.5) is 0 Å². The summed E-state index contributed by atoms with van der Waals surface area (Å²) in [7, 11) is 0. The third-order valence-corrected chi connectivity index (χ3v) is 11.7. The summed E-state index contributed by atoms with van der Waals surface area (Å²) in [6, 6.07) is 57.9. The van der Waals surface area contributed by atoms with Crippen LogP contribution < -0.4 is 0 Å². The Labute approximate surface area is 296 Å². The van der Waals surface area contributed by atoms with E-state index in [1.54, 1.807) is 0 Å². The van der Waals surface area contributed by atoms with Crippen molar-refractivity contribution in [2.45, 2.75) is 0 Å². The van der Waals surface area contributed by atoms with Crippen molar-refractivity contribution < 1.29 is 0 Å². The highest BCUT2D eigenvalue weighted by molar-refractivity contribution is 7.26. The lowest BCUT2D eigenvalue weighted by Crippen LogP contribution is -2.00. The van der Waals surface area contributed by atoms with Gasteiger partial charge in [-0.1, -0.05) is 140 Å². The molecule has 234 valence electrons. The predicted octanol–water partition coefficient (Wildman–Crippen LogP) is 12.9. The van der Waals surface area contributed by atoms with Gasteiger partial charge in [-0.25, -0.2) is 15.0 Å². The molecular formula is C45H27N3S2. The van der Waals surface area contributed by atoms with E-state index >= 15 is 0 Å². The van der Waals surface area contributed by atoms with Gasteiger partial charge in [-0.15, -0.1) is 22.7 Å². The minimum atomic E-state index is 0.646. The van der Waals surface area contributed by atoms with Crippen LogP contribution in [0.2, 0.25) is 0 Å². The van der Waals surface area contributed by atoms with Crippen molar-refractivity contribution in [1.29, 1.82) is 0 Å². The molecule has 0 aliphatic rings. The molecule has 10 rings (SSSR count). The van der Waals surface area contributed by atoms with Gasteiger partial charge < -0.3 is 0 Å². The first-order valence-electron chi connectivity index (χ1n) is 16.6. The fraction of sp³-hybridized carbons (Fsp3) is 0. The van der Waals surface area contributed by atoms with Crippen molar-refractivity contribution in [2.75, 3.05) is 0 Å². The standard InChI is InChI=1S/C45H27N3S2/c1-3-13-28(14-4-1)43-46-44(29-15-5-2-6-16-29)48-45(47-43)30-25-26-31(33-19-12-24-40-41(33)36-18-8-10-23-39(36)49-40)37(27-30)35-21-11-20-34-32-17-7-9-22-38(32)50-42(34)35/h1-27H. The number of rotatable bonds is 5. The zero-order valence-electron chi connectivity index (χ0n) is 26.7. The third-order valence-electron chi connectivity index (χ3n) is 9.36. The summed E-state index contributed by atoms with van der Waals surface area (Å²) >= 11 is 3.71. The van der Waals surface area contributed by atoms with E-state index in [4.69, 9.17) is 15.0 Å². The second kappa shape index (κ2) is 11.8. The van der Waals surface area contributed by atoms with E-state index in [-0.39, 0.29) is 0 Å². The van der Waals surface area contributed by atoms with Crippen molar-refractivity contribution in [3.05, 3.63) is 164 Å². The van der Waals surface area contributed by atoms with Crippen LogP contribution in [-0.4, -0.2) is 15.0 Å². The Kier molecular flexibility index (Phi) is 6.86. The van der Waals surface area contributed by atoms with Gasteiger partial charge in [0.25, 0.3) is 0 Å². The van der Waals surface area contributed by atoms with Crippen molar-refractivity contribution in [2.24, 2.45) is 0 Å². The Balaban J connectivity index is 1.26. The predicted molar refractivity (Wildman–Crippen MR) is 213 cm³/mol. The van der Waals surface area contributed by atoms with Crippen LogP contribution in [0.25, 0.3) is 96.8 Å². The fourth-order valence-electron chi connectivity index (χ4n) is 7.04. The van der Waals surface area contributed by atoms with E-state index in [9.17, 15) is 0 Å². The number of aromatic nitrogens is 3. The van der Waals surface area contributed by atoms with Crippen LogP contribution in [0.1, 0.15) is 0 Å². The second-order valence-corrected chi connectivity index (χ2v) is 14.5. The zero-order valence-corrected chi connectivity index (χ0v) is 28.4. The Morgan fingerprint density at radius 2 is 0.860 bits per heavy atom. The van der Waals surface area contributed by atoms with E-state index in [1.807, 2.05) is 59.1 Å². The first kappa shape index (κ1) is 29.0. The van der Waals surface area contributed by atoms with Crippen LogP contribution in [0.3, 0.4) is 0 Å². The van der Waals surface area contributed by atoms with Crippen molar-refractivity contribution >= 4 is 63.0 Å². The molecule has 7 aromatic carbocycles. The highest BCUT2D eigenvalue weighted by Crippen LogP contribution is 2.47. The molecule has 0 bridgehead atoms. The molecule has 0 fully saturated rings. The van der Waals surface area contributed by atoms with Gasteiger partial charge in [-0.05, 0) is 41.0 Å². The topological polar surface area (TPSA) is 38.7 Å². The summed E-state index contributed by atoms with van der Waals surface area (Å²) in [6.07, 6.45) is 0. The average molecular weight is 674 g/mol. The van der Waals surface area contributed by atoms with Gasteiger partial charge in [0.2, 0.25) is 0 Å². The second-order valence-electron chi connectivity index (χ2n) is 12.4. The fourth-order valence-corrected chi connectivity index (χ4v) is 9.40. The molecule has 0 aliphatic heterocycles. The van der Waals surface area contributed by atoms with E-state index < -0.39 is 0 Å². The molecule has 0 amide bonds. The molecule has 3 aromatic heterocycles. The lowest BCUT2D eigenvalue weighted by Gasteiger charge is -2.15. The number of fused-ring (bicyclic) bond motifs is 6. The van der Waals surface area contributed by atoms with Gasteiger partial charge in [-0.2, -0.15) is 0 Å². The summed E-state index contributed by atoms with van der Waals surface area (Å²) in [5.41, 5.74) is 7.63. The molecule has 0 aliphatic carbocycles. The lowest BCUT2D eigenvalue weighted by atomic mass is 9.90. The van der Waals surface area contributed by atoms with Crippen LogP contribution in [0, 0.1) is 0 Å². The maximum atomic E-state index is 5.10. The highest BCUT2D eigenvalue weighted by atomic mass is 32.1. The minimum absolute atomic E-state index is 0.646. The van der Waals surface area contributed by atoms with E-state index in [1.165, 1.54) is 57.0 Å². The van der Waals surface area contributed by atoms with Crippen LogP contribution in [0.5, 0.6) is 0 Å². The maximum absolute atomic E-state index is 5.10. The normalized spacial score (nSPS) is 11.6. The molecule has 0 radical (unpaired) electrons. The van der Waals surface area contributed by atoms with Crippen molar-refractivity contribution in [1.82, 2.24) is 15.0 Å². The molecule has 3 heterocycles. The Morgan fingerprint density at radius 3 is 1.58 bits per heavy atom. The monoisotopic (exact) mass is 673 g/mol. The first-order valence-corrected chi connectivity index (χ1v) is 18.2. The quantitative estimate of drug-likeness (QED) is 0.182. The summed E-state index contributed by atoms with van der Waals surface area (Å²) in [5.74, 6) is 1.95. The van der Waals surface area contributed by atoms with Crippen LogP contribution in [-0.2, 0) is 0 Å². The number of benzene rings is 7. The largest absolute Gasteiger partial charge is 0.208 e. The minimum Gasteiger partial charge on any atom is -0.208 e. The van der Waals surface area contributed by atoms with E-state index in [2.05, 4.69) is 127 Å². The van der Waals surface area contributed by atoms with Gasteiger partial charge in [0, 0.05) is 62.6 Å². The van der Waals surface area contributed by atoms with Crippen LogP contribution in [0.15, 0.2) is 164 Å². The maximum Gasteiger partial charge on any atom is 0.164 e. The number of hydrogen-bond acceptors (Lipinski definition) is 5. The zero-order chi connectivity index (χ0) is 33.0. The summed E-state index contributed by atoms with van der Waals surface area (Å²) in [5, 5.41) is 5.14. The smallest absolute Gasteiger partial charge is 0.164 e. The molecule has 0 saturated heterocycles. The molecule has 50 heavy (non-hydrogen) atoms. The third kappa shape index (κ3) is 4.82. The van der Waals surface area contributed by atoms with Crippen molar-refractivity contribution in [3.8, 4) is 56.4 Å². The Morgan fingerprint density at radius 1 is 0.320 bits per heavy atom. The van der Waals surface area contributed by atoms with Crippen molar-refractivity contribution in [3.63, 3.8) is 0 Å². The Bertz CT molecular complexity index is 2810. The van der Waals surface area contributed by atoms with Crippen LogP contribution >= 0.6 is 22.7 Å². The van der Waals surface area contributed by atoms with Gasteiger partial charge in [0.1, 0.15) is 0 Å².